The molecule has 1 fully saturated rings. The number of benzene rings is 1. The quantitative estimate of drug-likeness (QED) is 0.197. The molecule has 2 aliphatic heterocycles. The topological polar surface area (TPSA) is 155 Å². The van der Waals surface area contributed by atoms with E-state index in [0.29, 0.717) is 5.57 Å². The molecule has 5 N–H and O–H groups in total. The average molecular weight is 476 g/mol. The fourth-order valence-corrected chi connectivity index (χ4v) is 4.29. The Hall–Kier alpha value is -2.57. The molecule has 0 aromatic heterocycles. The first-order chi connectivity index (χ1) is 16.4. The molecule has 184 valence electrons. The van der Waals surface area contributed by atoms with Crippen LogP contribution in [0, 0.1) is 11.8 Å². The third kappa shape index (κ3) is 5.23. The molecule has 0 unspecified atom stereocenters. The molecule has 10 heteroatoms. The molecule has 1 aromatic rings. The van der Waals surface area contributed by atoms with Gasteiger partial charge in [-0.05, 0) is 23.3 Å². The Bertz CT molecular complexity index is 927. The summed E-state index contributed by atoms with van der Waals surface area (Å²) in [4.78, 5) is 12.2. The largest absolute Gasteiger partial charge is 0.472 e. The number of aliphatic hydroxyl groups excluding tert-OH is 5. The number of hydrogen-bond donors (Lipinski definition) is 5. The number of esters is 1. The second-order valence-corrected chi connectivity index (χ2v) is 8.35. The Morgan fingerprint density at radius 3 is 2.53 bits per heavy atom. The predicted octanol–water partition coefficient (Wildman–Crippen LogP) is -0.537. The van der Waals surface area contributed by atoms with Gasteiger partial charge in [0.15, 0.2) is 6.29 Å². The van der Waals surface area contributed by atoms with E-state index in [4.69, 9.17) is 18.9 Å². The zero-order chi connectivity index (χ0) is 24.2. The van der Waals surface area contributed by atoms with Crippen LogP contribution in [0.3, 0.4) is 0 Å². The lowest BCUT2D eigenvalue weighted by Crippen LogP contribution is -2.60. The molecule has 1 saturated heterocycles. The van der Waals surface area contributed by atoms with Crippen LogP contribution in [0.15, 0.2) is 60.4 Å². The average Bonchev–Trinajstić information content (AvgIpc) is 3.18. The molecule has 0 spiro atoms. The summed E-state index contributed by atoms with van der Waals surface area (Å²) in [5, 5.41) is 50.1. The summed E-state index contributed by atoms with van der Waals surface area (Å²) in [6.07, 6.45) is -1.72. The normalized spacial score (nSPS) is 37.2. The van der Waals surface area contributed by atoms with Gasteiger partial charge in [-0.3, -0.25) is 0 Å². The van der Waals surface area contributed by atoms with Crippen LogP contribution in [0.25, 0.3) is 6.08 Å². The van der Waals surface area contributed by atoms with Gasteiger partial charge in [-0.1, -0.05) is 36.4 Å². The van der Waals surface area contributed by atoms with Crippen molar-refractivity contribution in [2.75, 3.05) is 13.2 Å². The monoisotopic (exact) mass is 476 g/mol. The van der Waals surface area contributed by atoms with Crippen molar-refractivity contribution >= 4 is 12.0 Å². The van der Waals surface area contributed by atoms with E-state index in [1.54, 1.807) is 18.2 Å². The van der Waals surface area contributed by atoms with Crippen LogP contribution in [0.4, 0.5) is 0 Å². The van der Waals surface area contributed by atoms with Crippen LogP contribution in [-0.2, 0) is 23.7 Å². The van der Waals surface area contributed by atoms with Gasteiger partial charge in [0.05, 0.1) is 24.9 Å². The maximum absolute atomic E-state index is 12.2. The second-order valence-electron chi connectivity index (χ2n) is 8.35. The number of carbonyl (C=O) groups is 1. The van der Waals surface area contributed by atoms with E-state index >= 15 is 0 Å². The molecule has 1 aromatic carbocycles. The Labute approximate surface area is 196 Å². The van der Waals surface area contributed by atoms with Gasteiger partial charge in [0.25, 0.3) is 0 Å². The lowest BCUT2D eigenvalue weighted by Gasteiger charge is -2.42. The van der Waals surface area contributed by atoms with Gasteiger partial charge >= 0.3 is 5.97 Å². The van der Waals surface area contributed by atoms with Gasteiger partial charge in [0.2, 0.25) is 6.29 Å². The van der Waals surface area contributed by atoms with Crippen LogP contribution in [0.5, 0.6) is 0 Å². The number of rotatable bonds is 7. The summed E-state index contributed by atoms with van der Waals surface area (Å²) in [6.45, 7) is -0.722. The molecule has 1 aliphatic carbocycles. The fraction of sp³-hybridized carbons (Fsp3) is 0.458. The van der Waals surface area contributed by atoms with E-state index < -0.39 is 67.5 Å². The van der Waals surface area contributed by atoms with Crippen molar-refractivity contribution in [2.24, 2.45) is 11.8 Å². The SMILES string of the molecule is O=C(C=Cc1ccccc1)OCC1=C[C@@H](O)[C@@H]2C=CO[C@@H](O[C@@H]3O[C@H](CO)[C@@H](O)[C@H](O)[C@H]3O)[C@H]12. The minimum atomic E-state index is -1.61. The lowest BCUT2D eigenvalue weighted by atomic mass is 9.88. The first-order valence-corrected chi connectivity index (χ1v) is 11.0. The van der Waals surface area contributed by atoms with Gasteiger partial charge in [-0.15, -0.1) is 0 Å². The molecule has 0 bridgehead atoms. The zero-order valence-electron chi connectivity index (χ0n) is 18.2. The molecule has 3 aliphatic rings. The molecule has 9 atom stereocenters. The minimum Gasteiger partial charge on any atom is -0.472 e. The zero-order valence-corrected chi connectivity index (χ0v) is 18.2. The van der Waals surface area contributed by atoms with Crippen molar-refractivity contribution in [1.29, 1.82) is 0 Å². The van der Waals surface area contributed by atoms with Crippen LogP contribution in [0.2, 0.25) is 0 Å². The van der Waals surface area contributed by atoms with Crippen LogP contribution < -0.4 is 0 Å². The first kappa shape index (κ1) is 24.6. The van der Waals surface area contributed by atoms with Crippen LogP contribution in [-0.4, -0.2) is 87.8 Å². The van der Waals surface area contributed by atoms with E-state index in [1.807, 2.05) is 30.3 Å². The minimum absolute atomic E-state index is 0.123. The highest BCUT2D eigenvalue weighted by Gasteiger charge is 2.49. The summed E-state index contributed by atoms with van der Waals surface area (Å²) < 4.78 is 22.1. The Morgan fingerprint density at radius 2 is 1.79 bits per heavy atom. The van der Waals surface area contributed by atoms with Gasteiger partial charge < -0.3 is 44.5 Å². The highest BCUT2D eigenvalue weighted by Crippen LogP contribution is 2.41. The number of carbonyl (C=O) groups excluding carboxylic acids is 1. The van der Waals surface area contributed by atoms with Crippen molar-refractivity contribution in [1.82, 2.24) is 0 Å². The maximum atomic E-state index is 12.2. The molecule has 2 heterocycles. The third-order valence-corrected chi connectivity index (χ3v) is 6.14. The number of hydrogen-bond acceptors (Lipinski definition) is 10. The van der Waals surface area contributed by atoms with Crippen molar-refractivity contribution in [3.63, 3.8) is 0 Å². The van der Waals surface area contributed by atoms with Crippen molar-refractivity contribution in [2.45, 2.75) is 43.1 Å². The molecule has 0 amide bonds. The van der Waals surface area contributed by atoms with E-state index in [-0.39, 0.29) is 6.61 Å². The molecule has 0 saturated carbocycles. The van der Waals surface area contributed by atoms with Gasteiger partial charge in [-0.25, -0.2) is 4.79 Å². The summed E-state index contributed by atoms with van der Waals surface area (Å²) in [5.74, 6) is -1.57. The van der Waals surface area contributed by atoms with E-state index in [0.717, 1.165) is 5.56 Å². The first-order valence-electron chi connectivity index (χ1n) is 11.0. The predicted molar refractivity (Wildman–Crippen MR) is 116 cm³/mol. The van der Waals surface area contributed by atoms with Gasteiger partial charge in [0, 0.05) is 12.0 Å². The summed E-state index contributed by atoms with van der Waals surface area (Å²) in [7, 11) is 0. The molecule has 0 radical (unpaired) electrons. The Morgan fingerprint density at radius 1 is 1.03 bits per heavy atom. The molecule has 34 heavy (non-hydrogen) atoms. The van der Waals surface area contributed by atoms with E-state index in [2.05, 4.69) is 0 Å². The van der Waals surface area contributed by atoms with E-state index in [9.17, 15) is 30.3 Å². The third-order valence-electron chi connectivity index (χ3n) is 6.14. The molecule has 4 rings (SSSR count). The highest BCUT2D eigenvalue weighted by molar-refractivity contribution is 5.87. The number of aliphatic hydroxyl groups is 5. The lowest BCUT2D eigenvalue weighted by molar-refractivity contribution is -0.339. The standard InChI is InChI=1S/C24H28O10/c25-11-17-20(28)21(29)22(30)24(33-17)34-23-19-14(10-16(26)15(19)8-9-31-23)12-32-18(27)7-6-13-4-2-1-3-5-13/h1-10,15-17,19-26,28-30H,11-12H2/t15-,16+,17+,19+,20+,21-,22+,23-,24-/m0/s1. The summed E-state index contributed by atoms with van der Waals surface area (Å²) in [5.41, 5.74) is 1.40. The van der Waals surface area contributed by atoms with Crippen LogP contribution in [0.1, 0.15) is 5.56 Å². The highest BCUT2D eigenvalue weighted by atomic mass is 16.8. The number of fused-ring (bicyclic) bond motifs is 1. The van der Waals surface area contributed by atoms with E-state index in [1.165, 1.54) is 12.3 Å². The van der Waals surface area contributed by atoms with Crippen molar-refractivity contribution in [3.8, 4) is 0 Å². The summed E-state index contributed by atoms with van der Waals surface area (Å²) >= 11 is 0. The molecular formula is C24H28O10. The molecule has 10 nitrogen and oxygen atoms in total. The number of ether oxygens (including phenoxy) is 4. The Kier molecular flexibility index (Phi) is 7.79. The fourth-order valence-electron chi connectivity index (χ4n) is 4.29. The Balaban J connectivity index is 1.41. The maximum Gasteiger partial charge on any atom is 0.331 e. The van der Waals surface area contributed by atoms with Gasteiger partial charge in [0.1, 0.15) is 31.0 Å². The summed E-state index contributed by atoms with van der Waals surface area (Å²) in [6, 6.07) is 9.26. The smallest absolute Gasteiger partial charge is 0.331 e. The van der Waals surface area contributed by atoms with Crippen molar-refractivity contribution < 1.29 is 49.3 Å². The van der Waals surface area contributed by atoms with Crippen LogP contribution >= 0.6 is 0 Å². The van der Waals surface area contributed by atoms with Crippen molar-refractivity contribution in [3.05, 3.63) is 66.0 Å². The molecular weight excluding hydrogens is 448 g/mol. The van der Waals surface area contributed by atoms with Gasteiger partial charge in [-0.2, -0.15) is 0 Å². The second kappa shape index (κ2) is 10.8.